The van der Waals surface area contributed by atoms with Crippen molar-refractivity contribution in [1.82, 2.24) is 4.90 Å². The summed E-state index contributed by atoms with van der Waals surface area (Å²) in [6.07, 6.45) is 1.30. The van der Waals surface area contributed by atoms with E-state index in [1.807, 2.05) is 13.8 Å². The molecule has 1 saturated heterocycles. The molecule has 0 spiro atoms. The Bertz CT molecular complexity index is 255. The summed E-state index contributed by atoms with van der Waals surface area (Å²) in [7, 11) is 0. The zero-order chi connectivity index (χ0) is 12.1. The van der Waals surface area contributed by atoms with E-state index in [1.165, 1.54) is 0 Å². The van der Waals surface area contributed by atoms with Crippen LogP contribution in [0.2, 0.25) is 0 Å². The molecule has 1 aliphatic heterocycles. The number of likely N-dealkylation sites (tertiary alicyclic amines) is 1. The number of piperidine rings is 1. The number of ketones is 1. The Morgan fingerprint density at radius 2 is 1.88 bits per heavy atom. The van der Waals surface area contributed by atoms with Gasteiger partial charge in [-0.25, -0.2) is 4.79 Å². The fourth-order valence-electron chi connectivity index (χ4n) is 2.03. The molecular weight excluding hydrogens is 206 g/mol. The van der Waals surface area contributed by atoms with Gasteiger partial charge in [-0.2, -0.15) is 0 Å². The molecule has 0 aromatic rings. The molecule has 0 bridgehead atoms. The van der Waals surface area contributed by atoms with E-state index in [9.17, 15) is 9.59 Å². The molecule has 0 radical (unpaired) electrons. The molecule has 0 aromatic heterocycles. The van der Waals surface area contributed by atoms with E-state index in [-0.39, 0.29) is 17.9 Å². The topological polar surface area (TPSA) is 46.6 Å². The van der Waals surface area contributed by atoms with Crippen LogP contribution in [0.4, 0.5) is 4.79 Å². The zero-order valence-corrected chi connectivity index (χ0v) is 10.4. The first-order valence-corrected chi connectivity index (χ1v) is 6.01. The van der Waals surface area contributed by atoms with E-state index in [4.69, 9.17) is 4.74 Å². The normalized spacial score (nSPS) is 17.6. The first-order chi connectivity index (χ1) is 7.56. The summed E-state index contributed by atoms with van der Waals surface area (Å²) >= 11 is 0. The Hall–Kier alpha value is -1.06. The highest BCUT2D eigenvalue weighted by Gasteiger charge is 2.28. The standard InChI is InChI=1S/C12H21NO3/c1-4-16-12(15)13-7-5-10(6-8-13)11(14)9(2)3/h9-10H,4-8H2,1-3H3. The van der Waals surface area contributed by atoms with E-state index >= 15 is 0 Å². The van der Waals surface area contributed by atoms with Crippen LogP contribution < -0.4 is 0 Å². The second-order valence-electron chi connectivity index (χ2n) is 4.52. The van der Waals surface area contributed by atoms with Gasteiger partial charge in [-0.15, -0.1) is 0 Å². The van der Waals surface area contributed by atoms with E-state index in [0.29, 0.717) is 25.5 Å². The molecule has 16 heavy (non-hydrogen) atoms. The van der Waals surface area contributed by atoms with Gasteiger partial charge in [0.15, 0.2) is 0 Å². The van der Waals surface area contributed by atoms with Crippen LogP contribution in [0.1, 0.15) is 33.6 Å². The van der Waals surface area contributed by atoms with Crippen molar-refractivity contribution in [2.24, 2.45) is 11.8 Å². The summed E-state index contributed by atoms with van der Waals surface area (Å²) in [4.78, 5) is 24.9. The number of carbonyl (C=O) groups excluding carboxylic acids is 2. The minimum absolute atomic E-state index is 0.0964. The Kier molecular flexibility index (Phi) is 4.77. The number of carbonyl (C=O) groups is 2. The monoisotopic (exact) mass is 227 g/mol. The van der Waals surface area contributed by atoms with Gasteiger partial charge in [0.2, 0.25) is 0 Å². The van der Waals surface area contributed by atoms with E-state index in [0.717, 1.165) is 12.8 Å². The van der Waals surface area contributed by atoms with E-state index in [1.54, 1.807) is 11.8 Å². The molecule has 0 aromatic carbocycles. The second-order valence-corrected chi connectivity index (χ2v) is 4.52. The van der Waals surface area contributed by atoms with Gasteiger partial charge in [-0.05, 0) is 19.8 Å². The third kappa shape index (κ3) is 3.22. The van der Waals surface area contributed by atoms with Crippen molar-refractivity contribution in [3.8, 4) is 0 Å². The van der Waals surface area contributed by atoms with Crippen LogP contribution in [-0.4, -0.2) is 36.5 Å². The van der Waals surface area contributed by atoms with Crippen molar-refractivity contribution in [2.45, 2.75) is 33.6 Å². The van der Waals surface area contributed by atoms with Crippen LogP contribution in [0, 0.1) is 11.8 Å². The number of ether oxygens (including phenoxy) is 1. The van der Waals surface area contributed by atoms with Crippen LogP contribution in [0.25, 0.3) is 0 Å². The molecule has 1 fully saturated rings. The average molecular weight is 227 g/mol. The summed E-state index contributed by atoms with van der Waals surface area (Å²) in [6.45, 7) is 7.35. The lowest BCUT2D eigenvalue weighted by molar-refractivity contribution is -0.127. The van der Waals surface area contributed by atoms with E-state index in [2.05, 4.69) is 0 Å². The van der Waals surface area contributed by atoms with Crippen molar-refractivity contribution in [3.05, 3.63) is 0 Å². The molecule has 1 aliphatic rings. The van der Waals surface area contributed by atoms with Gasteiger partial charge >= 0.3 is 6.09 Å². The van der Waals surface area contributed by atoms with Gasteiger partial charge < -0.3 is 9.64 Å². The van der Waals surface area contributed by atoms with Crippen molar-refractivity contribution in [3.63, 3.8) is 0 Å². The Morgan fingerprint density at radius 3 is 2.31 bits per heavy atom. The Morgan fingerprint density at radius 1 is 1.31 bits per heavy atom. The fraction of sp³-hybridized carbons (Fsp3) is 0.833. The number of hydrogen-bond acceptors (Lipinski definition) is 3. The number of amides is 1. The van der Waals surface area contributed by atoms with Gasteiger partial charge in [0, 0.05) is 24.9 Å². The minimum Gasteiger partial charge on any atom is -0.450 e. The van der Waals surface area contributed by atoms with Crippen LogP contribution >= 0.6 is 0 Å². The van der Waals surface area contributed by atoms with Gasteiger partial charge in [-0.3, -0.25) is 4.79 Å². The van der Waals surface area contributed by atoms with Crippen LogP contribution in [0.15, 0.2) is 0 Å². The Labute approximate surface area is 96.9 Å². The fourth-order valence-corrected chi connectivity index (χ4v) is 2.03. The summed E-state index contributed by atoms with van der Waals surface area (Å²) in [6, 6.07) is 0. The smallest absolute Gasteiger partial charge is 0.409 e. The number of rotatable bonds is 3. The zero-order valence-electron chi connectivity index (χ0n) is 10.4. The SMILES string of the molecule is CCOC(=O)N1CCC(C(=O)C(C)C)CC1. The van der Waals surface area contributed by atoms with Gasteiger partial charge in [0.25, 0.3) is 0 Å². The summed E-state index contributed by atoms with van der Waals surface area (Å²) in [5, 5.41) is 0. The van der Waals surface area contributed by atoms with Crippen LogP contribution in [-0.2, 0) is 9.53 Å². The van der Waals surface area contributed by atoms with Gasteiger partial charge in [-0.1, -0.05) is 13.8 Å². The lowest BCUT2D eigenvalue weighted by atomic mass is 9.87. The van der Waals surface area contributed by atoms with Crippen molar-refractivity contribution in [2.75, 3.05) is 19.7 Å². The lowest BCUT2D eigenvalue weighted by Crippen LogP contribution is -2.41. The molecule has 0 unspecified atom stereocenters. The first-order valence-electron chi connectivity index (χ1n) is 6.01. The number of hydrogen-bond donors (Lipinski definition) is 0. The molecule has 92 valence electrons. The largest absolute Gasteiger partial charge is 0.450 e. The second kappa shape index (κ2) is 5.87. The maximum atomic E-state index is 11.8. The first kappa shape index (κ1) is 13.0. The molecule has 1 rings (SSSR count). The van der Waals surface area contributed by atoms with Crippen LogP contribution in [0.5, 0.6) is 0 Å². The molecule has 0 saturated carbocycles. The molecule has 4 heteroatoms. The molecule has 1 heterocycles. The van der Waals surface area contributed by atoms with Crippen molar-refractivity contribution >= 4 is 11.9 Å². The summed E-state index contributed by atoms with van der Waals surface area (Å²) in [5.41, 5.74) is 0. The number of nitrogens with zero attached hydrogens (tertiary/aromatic N) is 1. The summed E-state index contributed by atoms with van der Waals surface area (Å²) in [5.74, 6) is 0.549. The molecule has 0 atom stereocenters. The highest BCUT2D eigenvalue weighted by molar-refractivity contribution is 5.83. The predicted molar refractivity (Wildman–Crippen MR) is 61.2 cm³/mol. The highest BCUT2D eigenvalue weighted by atomic mass is 16.6. The molecule has 0 N–H and O–H groups in total. The summed E-state index contributed by atoms with van der Waals surface area (Å²) < 4.78 is 4.93. The van der Waals surface area contributed by atoms with Crippen LogP contribution in [0.3, 0.4) is 0 Å². The maximum Gasteiger partial charge on any atom is 0.409 e. The van der Waals surface area contributed by atoms with Crippen molar-refractivity contribution < 1.29 is 14.3 Å². The quantitative estimate of drug-likeness (QED) is 0.741. The Balaban J connectivity index is 2.39. The molecule has 4 nitrogen and oxygen atoms in total. The third-order valence-corrected chi connectivity index (χ3v) is 2.99. The van der Waals surface area contributed by atoms with Gasteiger partial charge in [0.1, 0.15) is 5.78 Å². The average Bonchev–Trinajstić information content (AvgIpc) is 2.28. The van der Waals surface area contributed by atoms with Crippen molar-refractivity contribution in [1.29, 1.82) is 0 Å². The van der Waals surface area contributed by atoms with E-state index < -0.39 is 0 Å². The minimum atomic E-state index is -0.252. The third-order valence-electron chi connectivity index (χ3n) is 2.99. The number of Topliss-reactive ketones (excluding diaryl/α,β-unsaturated/α-hetero) is 1. The molecular formula is C12H21NO3. The van der Waals surface area contributed by atoms with Gasteiger partial charge in [0.05, 0.1) is 6.61 Å². The highest BCUT2D eigenvalue weighted by Crippen LogP contribution is 2.21. The lowest BCUT2D eigenvalue weighted by Gasteiger charge is -2.31. The molecule has 1 amide bonds. The predicted octanol–water partition coefficient (Wildman–Crippen LogP) is 2.08. The maximum absolute atomic E-state index is 11.8. The molecule has 0 aliphatic carbocycles.